The minimum Gasteiger partial charge on any atom is -0.499 e. The van der Waals surface area contributed by atoms with Gasteiger partial charge in [-0.05, 0) is 45.7 Å². The standard InChI is InChI=1S/C23H31B5N4O4/c1-12-10-18(33)32-19(29-12)13(2)14(3)20(30-32)31-8-6-21(24,7-9-31)34-15-4-5-16-17(11-15)36-23(27,28)22(25,26)35-16/h4-5,10-11H,6-9,24-28H2,1-3H3. The lowest BCUT2D eigenvalue weighted by atomic mass is 9.41. The summed E-state index contributed by atoms with van der Waals surface area (Å²) in [5, 5.41) is 3.80. The monoisotopic (exact) mass is 482 g/mol. The predicted molar refractivity (Wildman–Crippen MR) is 154 cm³/mol. The Morgan fingerprint density at radius 3 is 2.22 bits per heavy atom. The Bertz CT molecular complexity index is 1420. The summed E-state index contributed by atoms with van der Waals surface area (Å²) >= 11 is 0. The molecule has 2 aliphatic rings. The first kappa shape index (κ1) is 24.7. The summed E-state index contributed by atoms with van der Waals surface area (Å²) in [4.78, 5) is 19.4. The van der Waals surface area contributed by atoms with E-state index in [0.29, 0.717) is 17.1 Å². The van der Waals surface area contributed by atoms with Gasteiger partial charge in [0.25, 0.3) is 5.56 Å². The molecular formula is C23H31B5N4O4. The van der Waals surface area contributed by atoms with Crippen molar-refractivity contribution >= 4 is 50.7 Å². The molecule has 0 atom stereocenters. The molecule has 0 radical (unpaired) electrons. The Balaban J connectivity index is 1.34. The van der Waals surface area contributed by atoms with Gasteiger partial charge in [-0.3, -0.25) is 4.79 Å². The van der Waals surface area contributed by atoms with E-state index in [0.717, 1.165) is 54.4 Å². The van der Waals surface area contributed by atoms with Gasteiger partial charge in [-0.15, -0.1) is 5.10 Å². The zero-order chi connectivity index (χ0) is 26.0. The summed E-state index contributed by atoms with van der Waals surface area (Å²) in [6, 6.07) is 7.34. The summed E-state index contributed by atoms with van der Waals surface area (Å²) in [7, 11) is 10.3. The van der Waals surface area contributed by atoms with Crippen molar-refractivity contribution in [3.05, 3.63) is 51.4 Å². The highest BCUT2D eigenvalue weighted by molar-refractivity contribution is 6.53. The molecule has 1 saturated heterocycles. The summed E-state index contributed by atoms with van der Waals surface area (Å²) in [6.45, 7) is 7.43. The van der Waals surface area contributed by atoms with E-state index in [1.807, 2.05) is 63.4 Å². The van der Waals surface area contributed by atoms with Crippen LogP contribution in [0.3, 0.4) is 0 Å². The number of aryl methyl sites for hydroxylation is 2. The van der Waals surface area contributed by atoms with Crippen molar-refractivity contribution in [1.82, 2.24) is 14.6 Å². The molecule has 0 aliphatic carbocycles. The van der Waals surface area contributed by atoms with Crippen LogP contribution < -0.4 is 24.7 Å². The molecule has 1 aromatic carbocycles. The quantitative estimate of drug-likeness (QED) is 0.387. The Hall–Kier alpha value is -2.97. The Kier molecular flexibility index (Phi) is 5.69. The largest absolute Gasteiger partial charge is 0.499 e. The normalized spacial score (nSPS) is 19.7. The van der Waals surface area contributed by atoms with Crippen LogP contribution in [0.25, 0.3) is 5.65 Å². The van der Waals surface area contributed by atoms with E-state index in [4.69, 9.17) is 19.3 Å². The lowest BCUT2D eigenvalue weighted by Crippen LogP contribution is -2.65. The molecule has 4 heterocycles. The average molecular weight is 482 g/mol. The number of benzene rings is 1. The molecular weight excluding hydrogens is 450 g/mol. The molecule has 2 aromatic heterocycles. The molecule has 1 fully saturated rings. The van der Waals surface area contributed by atoms with Crippen molar-refractivity contribution in [3.63, 3.8) is 0 Å². The van der Waals surface area contributed by atoms with Crippen LogP contribution in [-0.2, 0) is 0 Å². The first-order chi connectivity index (χ1) is 16.8. The van der Waals surface area contributed by atoms with Crippen molar-refractivity contribution in [2.75, 3.05) is 18.0 Å². The maximum Gasteiger partial charge on any atom is 0.274 e. The molecule has 0 unspecified atom stereocenters. The maximum atomic E-state index is 12.6. The van der Waals surface area contributed by atoms with Crippen LogP contribution in [0.2, 0.25) is 0 Å². The zero-order valence-corrected chi connectivity index (χ0v) is 22.6. The lowest BCUT2D eigenvalue weighted by Gasteiger charge is -2.47. The van der Waals surface area contributed by atoms with Crippen LogP contribution in [0.4, 0.5) is 5.82 Å². The summed E-state index contributed by atoms with van der Waals surface area (Å²) in [5.41, 5.74) is 2.87. The van der Waals surface area contributed by atoms with Crippen LogP contribution in [0.15, 0.2) is 29.1 Å². The smallest absolute Gasteiger partial charge is 0.274 e. The lowest BCUT2D eigenvalue weighted by molar-refractivity contribution is 0.0603. The van der Waals surface area contributed by atoms with Crippen LogP contribution >= 0.6 is 0 Å². The Labute approximate surface area is 216 Å². The highest BCUT2D eigenvalue weighted by Crippen LogP contribution is 2.42. The molecule has 13 heteroatoms. The number of hydrogen-bond acceptors (Lipinski definition) is 7. The average Bonchev–Trinajstić information content (AvgIpc) is 2.78. The number of anilines is 1. The number of ether oxygens (including phenoxy) is 3. The van der Waals surface area contributed by atoms with Crippen molar-refractivity contribution in [2.45, 2.75) is 49.9 Å². The van der Waals surface area contributed by atoms with E-state index in [-0.39, 0.29) is 11.1 Å². The molecule has 0 bridgehead atoms. The van der Waals surface area contributed by atoms with Crippen LogP contribution in [-0.4, -0.2) is 83.2 Å². The molecule has 36 heavy (non-hydrogen) atoms. The number of hydrogen-bond donors (Lipinski definition) is 0. The third-order valence-corrected chi connectivity index (χ3v) is 8.03. The fourth-order valence-corrected chi connectivity index (χ4v) is 4.83. The first-order valence-electron chi connectivity index (χ1n) is 12.6. The van der Waals surface area contributed by atoms with Gasteiger partial charge in [0.15, 0.2) is 30.8 Å². The van der Waals surface area contributed by atoms with Crippen LogP contribution in [0.1, 0.15) is 29.7 Å². The van der Waals surface area contributed by atoms with E-state index >= 15 is 0 Å². The van der Waals surface area contributed by atoms with Crippen molar-refractivity contribution in [2.24, 2.45) is 0 Å². The van der Waals surface area contributed by atoms with Crippen LogP contribution in [0.5, 0.6) is 17.2 Å². The molecule has 0 saturated carbocycles. The number of nitrogens with zero attached hydrogens (tertiary/aromatic N) is 4. The van der Waals surface area contributed by atoms with Gasteiger partial charge in [-0.2, -0.15) is 4.52 Å². The third kappa shape index (κ3) is 4.16. The number of rotatable bonds is 3. The van der Waals surface area contributed by atoms with Crippen molar-refractivity contribution < 1.29 is 14.2 Å². The molecule has 0 N–H and O–H groups in total. The predicted octanol–water partition coefficient (Wildman–Crippen LogP) is -2.37. The minimum atomic E-state index is -0.465. The molecule has 2 aliphatic heterocycles. The number of aromatic nitrogens is 3. The highest BCUT2D eigenvalue weighted by atomic mass is 16.6. The van der Waals surface area contributed by atoms with E-state index < -0.39 is 10.8 Å². The highest BCUT2D eigenvalue weighted by Gasteiger charge is 2.44. The van der Waals surface area contributed by atoms with Crippen molar-refractivity contribution in [1.29, 1.82) is 0 Å². The molecule has 3 aromatic rings. The second-order valence-electron chi connectivity index (χ2n) is 11.4. The van der Waals surface area contributed by atoms with E-state index in [1.54, 1.807) is 0 Å². The number of piperidine rings is 1. The Morgan fingerprint density at radius 2 is 1.56 bits per heavy atom. The van der Waals surface area contributed by atoms with Crippen molar-refractivity contribution in [3.8, 4) is 17.2 Å². The maximum absolute atomic E-state index is 12.6. The SMILES string of the molecule is BC1(Oc2ccc3c(c2)OC(B)(B)C(B)(B)O3)CCN(c2nn3c(=O)cc(C)nc3c(C)c2C)CC1. The van der Waals surface area contributed by atoms with Gasteiger partial charge in [0.05, 0.1) is 16.3 Å². The second kappa shape index (κ2) is 8.28. The van der Waals surface area contributed by atoms with Gasteiger partial charge in [-0.25, -0.2) is 4.98 Å². The molecule has 0 spiro atoms. The van der Waals surface area contributed by atoms with Gasteiger partial charge in [0.1, 0.15) is 37.1 Å². The second-order valence-corrected chi connectivity index (χ2v) is 11.4. The van der Waals surface area contributed by atoms with E-state index in [1.165, 1.54) is 10.6 Å². The van der Waals surface area contributed by atoms with Gasteiger partial charge >= 0.3 is 0 Å². The fraction of sp³-hybridized carbons (Fsp3) is 0.435. The summed E-state index contributed by atoms with van der Waals surface area (Å²) < 4.78 is 20.5. The molecule has 182 valence electrons. The van der Waals surface area contributed by atoms with Gasteiger partial charge < -0.3 is 19.1 Å². The van der Waals surface area contributed by atoms with Crippen LogP contribution in [0, 0.1) is 20.8 Å². The third-order valence-electron chi connectivity index (χ3n) is 8.03. The number of fused-ring (bicyclic) bond motifs is 2. The summed E-state index contributed by atoms with van der Waals surface area (Å²) in [5.74, 6) is 3.05. The zero-order valence-electron chi connectivity index (χ0n) is 22.6. The molecule has 5 rings (SSSR count). The van der Waals surface area contributed by atoms with E-state index in [9.17, 15) is 4.79 Å². The minimum absolute atomic E-state index is 0.155. The van der Waals surface area contributed by atoms with Gasteiger partial charge in [0, 0.05) is 42.0 Å². The fourth-order valence-electron chi connectivity index (χ4n) is 4.83. The first-order valence-corrected chi connectivity index (χ1v) is 12.6. The molecule has 8 nitrogen and oxygen atoms in total. The van der Waals surface area contributed by atoms with Gasteiger partial charge in [0.2, 0.25) is 0 Å². The molecule has 0 amide bonds. The summed E-state index contributed by atoms with van der Waals surface area (Å²) in [6.07, 6.45) is 1.64. The topological polar surface area (TPSA) is 78.2 Å². The van der Waals surface area contributed by atoms with E-state index in [2.05, 4.69) is 24.7 Å². The van der Waals surface area contributed by atoms with Gasteiger partial charge in [-0.1, -0.05) is 0 Å². The Morgan fingerprint density at radius 1 is 0.917 bits per heavy atom.